The number of aromatic nitrogens is 2. The van der Waals surface area contributed by atoms with E-state index in [4.69, 9.17) is 0 Å². The maximum Gasteiger partial charge on any atom is 0.293 e. The van der Waals surface area contributed by atoms with Gasteiger partial charge in [-0.15, -0.1) is 0 Å². The number of nitro benzene ring substituents is 1. The number of H-pyrrole nitrogens is 1. The number of aromatic amines is 1. The van der Waals surface area contributed by atoms with Crippen molar-refractivity contribution in [2.75, 3.05) is 12.4 Å². The quantitative estimate of drug-likeness (QED) is 0.562. The molecule has 0 radical (unpaired) electrons. The highest BCUT2D eigenvalue weighted by Crippen LogP contribution is 2.24. The molecule has 0 saturated carbocycles. The summed E-state index contributed by atoms with van der Waals surface area (Å²) in [6.45, 7) is 0.230. The van der Waals surface area contributed by atoms with Gasteiger partial charge in [0.1, 0.15) is 11.5 Å². The Morgan fingerprint density at radius 3 is 2.90 bits per heavy atom. The summed E-state index contributed by atoms with van der Waals surface area (Å²) in [5.74, 6) is 0.215. The van der Waals surface area contributed by atoms with Crippen LogP contribution in [0.15, 0.2) is 30.6 Å². The van der Waals surface area contributed by atoms with Gasteiger partial charge in [0, 0.05) is 31.1 Å². The molecule has 0 bridgehead atoms. The Hall–Kier alpha value is -2.90. The number of hydrogen-bond acceptors (Lipinski definition) is 5. The Kier molecular flexibility index (Phi) is 3.94. The molecule has 0 aliphatic rings. The van der Waals surface area contributed by atoms with Crippen molar-refractivity contribution in [2.24, 2.45) is 0 Å². The summed E-state index contributed by atoms with van der Waals surface area (Å²) >= 11 is 0. The summed E-state index contributed by atoms with van der Waals surface area (Å²) in [6, 6.07) is 4.26. The van der Waals surface area contributed by atoms with Crippen molar-refractivity contribution in [3.05, 3.63) is 52.1 Å². The molecule has 1 aromatic carbocycles. The third kappa shape index (κ3) is 2.91. The van der Waals surface area contributed by atoms with E-state index in [-0.39, 0.29) is 17.8 Å². The number of benzene rings is 1. The van der Waals surface area contributed by atoms with Crippen molar-refractivity contribution >= 4 is 17.3 Å². The van der Waals surface area contributed by atoms with E-state index in [9.17, 15) is 14.9 Å². The van der Waals surface area contributed by atoms with Gasteiger partial charge in [-0.25, -0.2) is 4.98 Å². The molecular formula is C12H13N5O3. The maximum atomic E-state index is 11.9. The lowest BCUT2D eigenvalue weighted by molar-refractivity contribution is -0.384. The topological polar surface area (TPSA) is 113 Å². The largest absolute Gasteiger partial charge is 0.383 e. The lowest BCUT2D eigenvalue weighted by atomic mass is 10.1. The van der Waals surface area contributed by atoms with Crippen LogP contribution in [0.3, 0.4) is 0 Å². The fraction of sp³-hybridized carbons (Fsp3) is 0.167. The zero-order valence-corrected chi connectivity index (χ0v) is 10.7. The molecule has 1 amide bonds. The molecule has 2 rings (SSSR count). The van der Waals surface area contributed by atoms with Gasteiger partial charge in [-0.3, -0.25) is 14.9 Å². The van der Waals surface area contributed by atoms with Crippen LogP contribution in [0.4, 0.5) is 11.4 Å². The molecule has 0 fully saturated rings. The van der Waals surface area contributed by atoms with Gasteiger partial charge in [0.2, 0.25) is 0 Å². The van der Waals surface area contributed by atoms with E-state index in [1.165, 1.54) is 18.2 Å². The number of carbonyl (C=O) groups excluding carboxylic acids is 1. The zero-order valence-electron chi connectivity index (χ0n) is 10.7. The van der Waals surface area contributed by atoms with Gasteiger partial charge in [-0.05, 0) is 12.1 Å². The van der Waals surface area contributed by atoms with E-state index in [1.807, 2.05) is 0 Å². The van der Waals surface area contributed by atoms with Crippen LogP contribution in [0, 0.1) is 10.1 Å². The molecule has 2 aromatic rings. The van der Waals surface area contributed by atoms with Gasteiger partial charge >= 0.3 is 0 Å². The molecule has 0 unspecified atom stereocenters. The average Bonchev–Trinajstić information content (AvgIpc) is 2.97. The number of imidazole rings is 1. The van der Waals surface area contributed by atoms with Crippen molar-refractivity contribution in [1.29, 1.82) is 0 Å². The van der Waals surface area contributed by atoms with Gasteiger partial charge in [0.05, 0.1) is 11.5 Å². The SMILES string of the molecule is CNc1ccc(C(=O)NCc2ncc[nH]2)cc1[N+](=O)[O-]. The second kappa shape index (κ2) is 5.83. The van der Waals surface area contributed by atoms with Crippen molar-refractivity contribution < 1.29 is 9.72 Å². The molecule has 8 heteroatoms. The molecule has 3 N–H and O–H groups in total. The van der Waals surface area contributed by atoms with Gasteiger partial charge in [0.25, 0.3) is 11.6 Å². The highest BCUT2D eigenvalue weighted by atomic mass is 16.6. The Morgan fingerprint density at radius 1 is 1.50 bits per heavy atom. The number of anilines is 1. The van der Waals surface area contributed by atoms with Crippen LogP contribution in [-0.4, -0.2) is 27.8 Å². The Labute approximate surface area is 114 Å². The molecule has 0 aliphatic carbocycles. The Balaban J connectivity index is 2.13. The van der Waals surface area contributed by atoms with E-state index in [2.05, 4.69) is 20.6 Å². The minimum absolute atomic E-state index is 0.141. The molecule has 0 aliphatic heterocycles. The fourth-order valence-electron chi connectivity index (χ4n) is 1.70. The van der Waals surface area contributed by atoms with Crippen LogP contribution in [0.2, 0.25) is 0 Å². The first-order valence-corrected chi connectivity index (χ1v) is 5.84. The number of nitrogens with one attached hydrogen (secondary N) is 3. The van der Waals surface area contributed by atoms with Gasteiger partial charge in [0.15, 0.2) is 0 Å². The molecule has 104 valence electrons. The third-order valence-electron chi connectivity index (χ3n) is 2.70. The van der Waals surface area contributed by atoms with Gasteiger partial charge < -0.3 is 15.6 Å². The van der Waals surface area contributed by atoms with Gasteiger partial charge in [-0.2, -0.15) is 0 Å². The normalized spacial score (nSPS) is 10.1. The highest BCUT2D eigenvalue weighted by molar-refractivity contribution is 5.95. The predicted octanol–water partition coefficient (Wildman–Crippen LogP) is 1.29. The van der Waals surface area contributed by atoms with Crippen molar-refractivity contribution in [3.63, 3.8) is 0 Å². The highest BCUT2D eigenvalue weighted by Gasteiger charge is 2.16. The van der Waals surface area contributed by atoms with Crippen LogP contribution in [-0.2, 0) is 6.54 Å². The van der Waals surface area contributed by atoms with Crippen molar-refractivity contribution in [2.45, 2.75) is 6.54 Å². The van der Waals surface area contributed by atoms with E-state index >= 15 is 0 Å². The molecule has 8 nitrogen and oxygen atoms in total. The number of amides is 1. The second-order valence-corrected chi connectivity index (χ2v) is 3.96. The number of hydrogen-bond donors (Lipinski definition) is 3. The summed E-state index contributed by atoms with van der Waals surface area (Å²) < 4.78 is 0. The minimum atomic E-state index is -0.533. The number of rotatable bonds is 5. The number of nitrogens with zero attached hydrogens (tertiary/aromatic N) is 2. The Bertz CT molecular complexity index is 624. The van der Waals surface area contributed by atoms with Crippen LogP contribution >= 0.6 is 0 Å². The molecule has 0 atom stereocenters. The van der Waals surface area contributed by atoms with Gasteiger partial charge in [-0.1, -0.05) is 0 Å². The smallest absolute Gasteiger partial charge is 0.293 e. The zero-order chi connectivity index (χ0) is 14.5. The first-order chi connectivity index (χ1) is 9.61. The van der Waals surface area contributed by atoms with E-state index < -0.39 is 10.8 Å². The van der Waals surface area contributed by atoms with E-state index in [0.717, 1.165) is 0 Å². The summed E-state index contributed by atoms with van der Waals surface area (Å²) in [4.78, 5) is 29.1. The van der Waals surface area contributed by atoms with E-state index in [1.54, 1.807) is 19.4 Å². The van der Waals surface area contributed by atoms with Crippen molar-refractivity contribution in [3.8, 4) is 0 Å². The molecule has 0 spiro atoms. The first kappa shape index (κ1) is 13.5. The van der Waals surface area contributed by atoms with Crippen LogP contribution in [0.25, 0.3) is 0 Å². The summed E-state index contributed by atoms with van der Waals surface area (Å²) in [5, 5.41) is 16.3. The standard InChI is InChI=1S/C12H13N5O3/c1-13-9-3-2-8(6-10(9)17(19)20)12(18)16-7-11-14-4-5-15-11/h2-6,13H,7H2,1H3,(H,14,15)(H,16,18). The maximum absolute atomic E-state index is 11.9. The van der Waals surface area contributed by atoms with Crippen LogP contribution in [0.1, 0.15) is 16.2 Å². The second-order valence-electron chi connectivity index (χ2n) is 3.96. The van der Waals surface area contributed by atoms with Crippen LogP contribution in [0.5, 0.6) is 0 Å². The minimum Gasteiger partial charge on any atom is -0.383 e. The molecular weight excluding hydrogens is 262 g/mol. The summed E-state index contributed by atoms with van der Waals surface area (Å²) in [5.41, 5.74) is 0.443. The fourth-order valence-corrected chi connectivity index (χ4v) is 1.70. The number of carbonyl (C=O) groups is 1. The molecule has 20 heavy (non-hydrogen) atoms. The summed E-state index contributed by atoms with van der Waals surface area (Å²) in [6.07, 6.45) is 3.22. The average molecular weight is 275 g/mol. The lowest BCUT2D eigenvalue weighted by Gasteiger charge is -2.06. The predicted molar refractivity (Wildman–Crippen MR) is 72.4 cm³/mol. The van der Waals surface area contributed by atoms with Crippen molar-refractivity contribution in [1.82, 2.24) is 15.3 Å². The first-order valence-electron chi connectivity index (χ1n) is 5.84. The van der Waals surface area contributed by atoms with E-state index in [0.29, 0.717) is 11.5 Å². The lowest BCUT2D eigenvalue weighted by Crippen LogP contribution is -2.23. The van der Waals surface area contributed by atoms with Crippen LogP contribution < -0.4 is 10.6 Å². The molecule has 0 saturated heterocycles. The Morgan fingerprint density at radius 2 is 2.30 bits per heavy atom. The number of nitro groups is 1. The summed E-state index contributed by atoms with van der Waals surface area (Å²) in [7, 11) is 1.58. The third-order valence-corrected chi connectivity index (χ3v) is 2.70. The molecule has 1 aromatic heterocycles. The monoisotopic (exact) mass is 275 g/mol. The molecule has 1 heterocycles.